The van der Waals surface area contributed by atoms with E-state index in [1.807, 2.05) is 34.5 Å². The minimum atomic E-state index is -3.65. The molecular formula is C24H26N2O5S2. The minimum absolute atomic E-state index is 0.0924. The molecule has 0 spiro atoms. The van der Waals surface area contributed by atoms with Gasteiger partial charge < -0.3 is 14.4 Å². The molecule has 1 amide bonds. The van der Waals surface area contributed by atoms with Gasteiger partial charge in [-0.25, -0.2) is 12.7 Å². The molecule has 1 aromatic heterocycles. The van der Waals surface area contributed by atoms with Gasteiger partial charge in [0.05, 0.1) is 25.2 Å². The molecular weight excluding hydrogens is 460 g/mol. The number of fused-ring (bicyclic) bond motifs is 1. The van der Waals surface area contributed by atoms with E-state index >= 15 is 0 Å². The third kappa shape index (κ3) is 4.23. The molecule has 174 valence electrons. The number of hydrogen-bond donors (Lipinski definition) is 0. The predicted octanol–water partition coefficient (Wildman–Crippen LogP) is 3.80. The maximum Gasteiger partial charge on any atom is 0.254 e. The van der Waals surface area contributed by atoms with Crippen molar-refractivity contribution in [3.8, 4) is 11.5 Å². The lowest BCUT2D eigenvalue weighted by molar-refractivity contribution is 0.0696. The van der Waals surface area contributed by atoms with Crippen molar-refractivity contribution in [2.45, 2.75) is 17.4 Å². The van der Waals surface area contributed by atoms with Crippen LogP contribution in [0.2, 0.25) is 0 Å². The van der Waals surface area contributed by atoms with Crippen molar-refractivity contribution in [3.63, 3.8) is 0 Å². The van der Waals surface area contributed by atoms with Crippen LogP contribution in [0.15, 0.2) is 58.8 Å². The zero-order chi connectivity index (χ0) is 23.8. The van der Waals surface area contributed by atoms with Crippen LogP contribution in [-0.2, 0) is 16.4 Å². The Balaban J connectivity index is 1.79. The molecule has 0 aliphatic carbocycles. The van der Waals surface area contributed by atoms with Crippen LogP contribution in [0, 0.1) is 0 Å². The number of carbonyl (C=O) groups excluding carboxylic acids is 1. The van der Waals surface area contributed by atoms with Gasteiger partial charge in [-0.15, -0.1) is 11.3 Å². The average molecular weight is 487 g/mol. The fourth-order valence-electron chi connectivity index (χ4n) is 4.08. The Hall–Kier alpha value is -2.88. The quantitative estimate of drug-likeness (QED) is 0.530. The van der Waals surface area contributed by atoms with Crippen LogP contribution in [0.4, 0.5) is 0 Å². The summed E-state index contributed by atoms with van der Waals surface area (Å²) in [7, 11) is 2.49. The third-order valence-electron chi connectivity index (χ3n) is 5.81. The van der Waals surface area contributed by atoms with Crippen molar-refractivity contribution in [1.82, 2.24) is 9.21 Å². The summed E-state index contributed by atoms with van der Waals surface area (Å²) in [6.07, 6.45) is 0.652. The first-order chi connectivity index (χ1) is 15.8. The summed E-state index contributed by atoms with van der Waals surface area (Å²) in [5.41, 5.74) is 2.41. The molecule has 0 bridgehead atoms. The topological polar surface area (TPSA) is 76.1 Å². The molecule has 0 saturated heterocycles. The van der Waals surface area contributed by atoms with Gasteiger partial charge in [-0.05, 0) is 59.3 Å². The van der Waals surface area contributed by atoms with Crippen LogP contribution in [0.3, 0.4) is 0 Å². The lowest BCUT2D eigenvalue weighted by Crippen LogP contribution is -2.40. The Bertz CT molecular complexity index is 1270. The van der Waals surface area contributed by atoms with E-state index in [1.165, 1.54) is 26.2 Å². The van der Waals surface area contributed by atoms with E-state index in [0.29, 0.717) is 30.0 Å². The number of thiophene rings is 1. The maximum absolute atomic E-state index is 13.7. The van der Waals surface area contributed by atoms with E-state index in [9.17, 15) is 13.2 Å². The Morgan fingerprint density at radius 2 is 1.79 bits per heavy atom. The molecule has 1 aliphatic heterocycles. The molecule has 1 aliphatic rings. The summed E-state index contributed by atoms with van der Waals surface area (Å²) in [4.78, 5) is 16.6. The van der Waals surface area contributed by atoms with Crippen LogP contribution in [0.5, 0.6) is 11.5 Å². The van der Waals surface area contributed by atoms with Crippen molar-refractivity contribution < 1.29 is 22.7 Å². The van der Waals surface area contributed by atoms with E-state index in [0.717, 1.165) is 20.3 Å². The SMILES string of the molecule is COc1cc2c(cc1OC)[C@@H](c1cccs1)N(C(=O)c1cccc(S(=O)(=O)N(C)C)c1)CC2. The summed E-state index contributed by atoms with van der Waals surface area (Å²) in [6.45, 7) is 0.495. The first kappa shape index (κ1) is 23.3. The zero-order valence-corrected chi connectivity index (χ0v) is 20.6. The number of nitrogens with zero attached hydrogens (tertiary/aromatic N) is 2. The van der Waals surface area contributed by atoms with Gasteiger partial charge in [0, 0.05) is 31.1 Å². The highest BCUT2D eigenvalue weighted by Gasteiger charge is 2.34. The van der Waals surface area contributed by atoms with Crippen molar-refractivity contribution in [3.05, 3.63) is 75.5 Å². The normalized spacial score (nSPS) is 15.9. The average Bonchev–Trinajstić information content (AvgIpc) is 3.36. The number of sulfonamides is 1. The molecule has 0 unspecified atom stereocenters. The fraction of sp³-hybridized carbons (Fsp3) is 0.292. The first-order valence-electron chi connectivity index (χ1n) is 10.4. The first-order valence-corrected chi connectivity index (χ1v) is 12.7. The van der Waals surface area contributed by atoms with Gasteiger partial charge >= 0.3 is 0 Å². The van der Waals surface area contributed by atoms with Crippen molar-refractivity contribution in [2.75, 3.05) is 34.9 Å². The molecule has 2 heterocycles. The minimum Gasteiger partial charge on any atom is -0.493 e. The number of hydrogen-bond acceptors (Lipinski definition) is 6. The highest BCUT2D eigenvalue weighted by molar-refractivity contribution is 7.89. The molecule has 0 fully saturated rings. The van der Waals surface area contributed by atoms with Crippen LogP contribution in [0.25, 0.3) is 0 Å². The van der Waals surface area contributed by atoms with E-state index < -0.39 is 10.0 Å². The maximum atomic E-state index is 13.7. The molecule has 33 heavy (non-hydrogen) atoms. The van der Waals surface area contributed by atoms with E-state index in [-0.39, 0.29) is 16.8 Å². The largest absolute Gasteiger partial charge is 0.493 e. The highest BCUT2D eigenvalue weighted by Crippen LogP contribution is 2.42. The second kappa shape index (κ2) is 9.17. The fourth-order valence-corrected chi connectivity index (χ4v) is 5.89. The Kier molecular flexibility index (Phi) is 6.47. The summed E-state index contributed by atoms with van der Waals surface area (Å²) in [5, 5.41) is 1.98. The Labute approximate surface area is 198 Å². The second-order valence-corrected chi connectivity index (χ2v) is 11.0. The molecule has 0 radical (unpaired) electrons. The molecule has 0 saturated carbocycles. The van der Waals surface area contributed by atoms with Crippen molar-refractivity contribution >= 4 is 27.3 Å². The van der Waals surface area contributed by atoms with Crippen molar-refractivity contribution in [2.24, 2.45) is 0 Å². The molecule has 9 heteroatoms. The number of amides is 1. The molecule has 2 aromatic carbocycles. The van der Waals surface area contributed by atoms with Gasteiger partial charge in [0.15, 0.2) is 11.5 Å². The summed E-state index contributed by atoms with van der Waals surface area (Å²) in [6, 6.07) is 13.8. The van der Waals surface area contributed by atoms with Crippen LogP contribution < -0.4 is 9.47 Å². The van der Waals surface area contributed by atoms with Gasteiger partial charge in [-0.3, -0.25) is 4.79 Å². The zero-order valence-electron chi connectivity index (χ0n) is 18.9. The smallest absolute Gasteiger partial charge is 0.254 e. The Morgan fingerprint density at radius 1 is 1.06 bits per heavy atom. The van der Waals surface area contributed by atoms with Gasteiger partial charge in [0.2, 0.25) is 10.0 Å². The number of rotatable bonds is 6. The molecule has 1 atom stereocenters. The van der Waals surface area contributed by atoms with E-state index in [2.05, 4.69) is 0 Å². The Morgan fingerprint density at radius 3 is 2.42 bits per heavy atom. The number of carbonyl (C=O) groups is 1. The summed E-state index contributed by atoms with van der Waals surface area (Å²) >= 11 is 1.58. The molecule has 4 rings (SSSR count). The second-order valence-electron chi connectivity index (χ2n) is 7.89. The molecule has 7 nitrogen and oxygen atoms in total. The predicted molar refractivity (Wildman–Crippen MR) is 128 cm³/mol. The monoisotopic (exact) mass is 486 g/mol. The highest BCUT2D eigenvalue weighted by atomic mass is 32.2. The van der Waals surface area contributed by atoms with Gasteiger partial charge in [-0.1, -0.05) is 12.1 Å². The summed E-state index contributed by atoms with van der Waals surface area (Å²) < 4.78 is 37.4. The van der Waals surface area contributed by atoms with Crippen LogP contribution in [0.1, 0.15) is 32.4 Å². The lowest BCUT2D eigenvalue weighted by atomic mass is 9.90. The molecule has 0 N–H and O–H groups in total. The number of benzene rings is 2. The molecule has 3 aromatic rings. The summed E-state index contributed by atoms with van der Waals surface area (Å²) in [5.74, 6) is 1.04. The number of methoxy groups -OCH3 is 2. The standard InChI is InChI=1S/C24H26N2O5S2/c1-25(2)33(28,29)18-8-5-7-17(13-18)24(27)26-11-10-16-14-20(30-3)21(31-4)15-19(16)23(26)22-9-6-12-32-22/h5-9,12-15,23H,10-11H2,1-4H3/t23-/m0/s1. The van der Waals surface area contributed by atoms with Gasteiger partial charge in [0.25, 0.3) is 5.91 Å². The van der Waals surface area contributed by atoms with Gasteiger partial charge in [0.1, 0.15) is 0 Å². The third-order valence-corrected chi connectivity index (χ3v) is 8.54. The lowest BCUT2D eigenvalue weighted by Gasteiger charge is -2.37. The number of ether oxygens (including phenoxy) is 2. The van der Waals surface area contributed by atoms with Gasteiger partial charge in [-0.2, -0.15) is 0 Å². The van der Waals surface area contributed by atoms with Crippen molar-refractivity contribution in [1.29, 1.82) is 0 Å². The van der Waals surface area contributed by atoms with E-state index in [4.69, 9.17) is 9.47 Å². The van der Waals surface area contributed by atoms with Crippen LogP contribution in [-0.4, -0.2) is 58.4 Å². The van der Waals surface area contributed by atoms with Crippen LogP contribution >= 0.6 is 11.3 Å². The van der Waals surface area contributed by atoms with E-state index in [1.54, 1.807) is 37.7 Å².